The van der Waals surface area contributed by atoms with Crippen LogP contribution >= 0.6 is 11.6 Å². The summed E-state index contributed by atoms with van der Waals surface area (Å²) in [4.78, 5) is -0.305. The number of sulfonamides is 1. The molecule has 24 heavy (non-hydrogen) atoms. The van der Waals surface area contributed by atoms with Crippen molar-refractivity contribution in [3.05, 3.63) is 47.4 Å². The summed E-state index contributed by atoms with van der Waals surface area (Å²) in [5.74, 6) is 0.462. The fraction of sp³-hybridized carbons (Fsp3) is 0.200. The fourth-order valence-electron chi connectivity index (χ4n) is 2.31. The lowest BCUT2D eigenvalue weighted by Crippen LogP contribution is -2.14. The summed E-state index contributed by atoms with van der Waals surface area (Å²) >= 11 is 5.83. The van der Waals surface area contributed by atoms with Gasteiger partial charge in [0.15, 0.2) is 5.65 Å². The van der Waals surface area contributed by atoms with Crippen LogP contribution in [-0.2, 0) is 10.0 Å². The van der Waals surface area contributed by atoms with E-state index < -0.39 is 10.0 Å². The number of phenols is 1. The highest BCUT2D eigenvalue weighted by Gasteiger charge is 2.21. The Balaban J connectivity index is 2.08. The highest BCUT2D eigenvalue weighted by atomic mass is 35.5. The van der Waals surface area contributed by atoms with E-state index in [4.69, 9.17) is 11.6 Å². The van der Waals surface area contributed by atoms with Gasteiger partial charge in [-0.15, -0.1) is 10.2 Å². The van der Waals surface area contributed by atoms with E-state index in [9.17, 15) is 13.5 Å². The number of nitrogens with zero attached hydrogens (tertiary/aromatic N) is 3. The average molecular weight is 367 g/mol. The van der Waals surface area contributed by atoms with Crippen LogP contribution in [0.25, 0.3) is 5.65 Å². The third-order valence-corrected chi connectivity index (χ3v) is 5.06. The molecule has 3 aromatic rings. The maximum Gasteiger partial charge on any atom is 0.265 e. The van der Waals surface area contributed by atoms with E-state index in [1.165, 1.54) is 18.2 Å². The van der Waals surface area contributed by atoms with Gasteiger partial charge in [0.2, 0.25) is 0 Å². The van der Waals surface area contributed by atoms with Crippen molar-refractivity contribution >= 4 is 33.0 Å². The van der Waals surface area contributed by atoms with Crippen LogP contribution in [0, 0.1) is 0 Å². The number of anilines is 1. The van der Waals surface area contributed by atoms with E-state index in [2.05, 4.69) is 14.9 Å². The molecule has 2 aromatic heterocycles. The summed E-state index contributed by atoms with van der Waals surface area (Å²) in [6.07, 6.45) is 1.76. The fourth-order valence-corrected chi connectivity index (χ4v) is 3.73. The van der Waals surface area contributed by atoms with Crippen LogP contribution in [0.5, 0.6) is 5.75 Å². The van der Waals surface area contributed by atoms with Crippen molar-refractivity contribution in [1.82, 2.24) is 14.6 Å². The zero-order valence-electron chi connectivity index (χ0n) is 12.9. The molecule has 2 heterocycles. The van der Waals surface area contributed by atoms with Crippen LogP contribution < -0.4 is 4.72 Å². The topological polar surface area (TPSA) is 96.6 Å². The molecule has 3 rings (SSSR count). The van der Waals surface area contributed by atoms with Gasteiger partial charge in [0.25, 0.3) is 10.0 Å². The van der Waals surface area contributed by atoms with E-state index in [-0.39, 0.29) is 27.3 Å². The summed E-state index contributed by atoms with van der Waals surface area (Å²) in [6.45, 7) is 3.94. The zero-order valence-corrected chi connectivity index (χ0v) is 14.5. The summed E-state index contributed by atoms with van der Waals surface area (Å²) in [5.41, 5.74) is 0.641. The maximum atomic E-state index is 12.6. The third-order valence-electron chi connectivity index (χ3n) is 3.43. The van der Waals surface area contributed by atoms with Crippen LogP contribution in [0.1, 0.15) is 25.6 Å². The van der Waals surface area contributed by atoms with E-state index in [0.29, 0.717) is 5.65 Å². The predicted molar refractivity (Wildman–Crippen MR) is 91.0 cm³/mol. The molecule has 0 radical (unpaired) electrons. The first-order valence-electron chi connectivity index (χ1n) is 7.14. The van der Waals surface area contributed by atoms with Crippen molar-refractivity contribution in [3.8, 4) is 5.75 Å². The van der Waals surface area contributed by atoms with Gasteiger partial charge in [-0.1, -0.05) is 25.4 Å². The molecule has 0 fully saturated rings. The van der Waals surface area contributed by atoms with Crippen LogP contribution in [0.2, 0.25) is 5.02 Å². The number of phenolic OH excluding ortho intramolecular Hbond substituents is 1. The number of benzene rings is 1. The van der Waals surface area contributed by atoms with Crippen LogP contribution in [0.15, 0.2) is 41.4 Å². The molecule has 0 bridgehead atoms. The van der Waals surface area contributed by atoms with Crippen LogP contribution in [0.4, 0.5) is 5.69 Å². The summed E-state index contributed by atoms with van der Waals surface area (Å²) in [7, 11) is -4.03. The number of halogens is 1. The molecule has 126 valence electrons. The number of aromatic nitrogens is 3. The van der Waals surface area contributed by atoms with Crippen molar-refractivity contribution in [2.24, 2.45) is 0 Å². The highest BCUT2D eigenvalue weighted by molar-refractivity contribution is 7.92. The number of nitrogens with one attached hydrogen (secondary N) is 1. The standard InChI is InChI=1S/C15H15ClN4O3S/c1-9(2)14-17-18-15-11(4-3-7-20(14)15)19-24(22,23)13-8-10(16)5-6-12(13)21/h3-9,19,21H,1-2H3. The number of aromatic hydroxyl groups is 1. The Morgan fingerprint density at radius 1 is 1.25 bits per heavy atom. The zero-order chi connectivity index (χ0) is 17.5. The smallest absolute Gasteiger partial charge is 0.265 e. The summed E-state index contributed by atoms with van der Waals surface area (Å²) < 4.78 is 29.3. The number of hydrogen-bond acceptors (Lipinski definition) is 5. The summed E-state index contributed by atoms with van der Waals surface area (Å²) in [6, 6.07) is 7.09. The minimum Gasteiger partial charge on any atom is -0.507 e. The molecule has 7 nitrogen and oxygen atoms in total. The van der Waals surface area contributed by atoms with Gasteiger partial charge >= 0.3 is 0 Å². The second-order valence-electron chi connectivity index (χ2n) is 5.55. The molecule has 0 amide bonds. The van der Waals surface area contributed by atoms with E-state index in [0.717, 1.165) is 5.82 Å². The molecule has 0 spiro atoms. The molecule has 0 atom stereocenters. The summed E-state index contributed by atoms with van der Waals surface area (Å²) in [5, 5.41) is 18.2. The van der Waals surface area contributed by atoms with Gasteiger partial charge in [0, 0.05) is 17.1 Å². The Morgan fingerprint density at radius 3 is 2.71 bits per heavy atom. The van der Waals surface area contributed by atoms with Crippen LogP contribution in [0.3, 0.4) is 0 Å². The lowest BCUT2D eigenvalue weighted by atomic mass is 10.2. The van der Waals surface area contributed by atoms with Crippen molar-refractivity contribution in [2.45, 2.75) is 24.7 Å². The Morgan fingerprint density at radius 2 is 2.00 bits per heavy atom. The Bertz CT molecular complexity index is 1010. The number of hydrogen-bond donors (Lipinski definition) is 2. The van der Waals surface area contributed by atoms with Crippen LogP contribution in [-0.4, -0.2) is 28.1 Å². The number of rotatable bonds is 4. The van der Waals surface area contributed by atoms with Gasteiger partial charge in [0.1, 0.15) is 16.5 Å². The molecule has 1 aromatic carbocycles. The van der Waals surface area contributed by atoms with E-state index in [1.54, 1.807) is 22.7 Å². The van der Waals surface area contributed by atoms with Crippen molar-refractivity contribution in [1.29, 1.82) is 0 Å². The van der Waals surface area contributed by atoms with Gasteiger partial charge in [-0.05, 0) is 30.3 Å². The quantitative estimate of drug-likeness (QED) is 0.739. The molecule has 0 saturated carbocycles. The molecule has 0 unspecified atom stereocenters. The molecule has 0 aliphatic carbocycles. The third kappa shape index (κ3) is 2.90. The Kier molecular flexibility index (Phi) is 4.10. The Hall–Kier alpha value is -2.32. The Labute approximate surface area is 144 Å². The first kappa shape index (κ1) is 16.5. The second kappa shape index (κ2) is 5.95. The van der Waals surface area contributed by atoms with Gasteiger partial charge in [0.05, 0.1) is 5.69 Å². The molecule has 0 aliphatic heterocycles. The number of pyridine rings is 1. The largest absolute Gasteiger partial charge is 0.507 e. The lowest BCUT2D eigenvalue weighted by molar-refractivity contribution is 0.459. The average Bonchev–Trinajstić information content (AvgIpc) is 2.94. The molecular weight excluding hydrogens is 352 g/mol. The van der Waals surface area contributed by atoms with E-state index in [1.807, 2.05) is 13.8 Å². The van der Waals surface area contributed by atoms with Crippen molar-refractivity contribution < 1.29 is 13.5 Å². The SMILES string of the molecule is CC(C)c1nnc2c(NS(=O)(=O)c3cc(Cl)ccc3O)cccn12. The monoisotopic (exact) mass is 366 g/mol. The predicted octanol–water partition coefficient (Wildman–Crippen LogP) is 3.01. The van der Waals surface area contributed by atoms with Crippen molar-refractivity contribution in [2.75, 3.05) is 4.72 Å². The van der Waals surface area contributed by atoms with E-state index >= 15 is 0 Å². The lowest BCUT2D eigenvalue weighted by Gasteiger charge is -2.11. The normalized spacial score (nSPS) is 12.0. The maximum absolute atomic E-state index is 12.6. The number of fused-ring (bicyclic) bond motifs is 1. The molecular formula is C15H15ClN4O3S. The molecule has 0 saturated heterocycles. The van der Waals surface area contributed by atoms with Gasteiger partial charge in [-0.3, -0.25) is 9.12 Å². The van der Waals surface area contributed by atoms with Gasteiger partial charge < -0.3 is 5.11 Å². The van der Waals surface area contributed by atoms with Crippen molar-refractivity contribution in [3.63, 3.8) is 0 Å². The highest BCUT2D eigenvalue weighted by Crippen LogP contribution is 2.29. The van der Waals surface area contributed by atoms with Gasteiger partial charge in [-0.25, -0.2) is 8.42 Å². The molecule has 9 heteroatoms. The second-order valence-corrected chi connectivity index (χ2v) is 7.63. The first-order valence-corrected chi connectivity index (χ1v) is 9.00. The molecule has 0 aliphatic rings. The first-order chi connectivity index (χ1) is 11.3. The molecule has 2 N–H and O–H groups in total. The van der Waals surface area contributed by atoms with Gasteiger partial charge in [-0.2, -0.15) is 0 Å². The minimum atomic E-state index is -4.03. The minimum absolute atomic E-state index is 0.129.